The Hall–Kier alpha value is -0.860. The normalized spacial score (nSPS) is 14.9. The number of methoxy groups -OCH3 is 1. The zero-order valence-electron chi connectivity index (χ0n) is 9.86. The molecule has 0 radical (unpaired) electrons. The summed E-state index contributed by atoms with van der Waals surface area (Å²) in [6, 6.07) is 11.4. The second kappa shape index (κ2) is 6.59. The van der Waals surface area contributed by atoms with Crippen LogP contribution in [0.3, 0.4) is 0 Å². The third-order valence-electron chi connectivity index (χ3n) is 2.59. The first kappa shape index (κ1) is 12.2. The van der Waals surface area contributed by atoms with Crippen LogP contribution in [-0.2, 0) is 4.74 Å². The predicted molar refractivity (Wildman–Crippen MR) is 63.9 cm³/mol. The van der Waals surface area contributed by atoms with E-state index in [-0.39, 0.29) is 0 Å². The van der Waals surface area contributed by atoms with Gasteiger partial charge < -0.3 is 10.1 Å². The molecule has 1 rings (SSSR count). The number of ether oxygens (including phenoxy) is 1. The minimum Gasteiger partial charge on any atom is -0.385 e. The summed E-state index contributed by atoms with van der Waals surface area (Å²) in [6.07, 6.45) is 1.05. The molecule has 0 aliphatic carbocycles. The number of hydrogen-bond acceptors (Lipinski definition) is 2. The average molecular weight is 207 g/mol. The van der Waals surface area contributed by atoms with Crippen LogP contribution in [0.2, 0.25) is 0 Å². The van der Waals surface area contributed by atoms with Crippen molar-refractivity contribution in [2.24, 2.45) is 0 Å². The molecule has 84 valence electrons. The van der Waals surface area contributed by atoms with Crippen LogP contribution in [-0.4, -0.2) is 19.8 Å². The number of hydrogen-bond donors (Lipinski definition) is 1. The summed E-state index contributed by atoms with van der Waals surface area (Å²) in [4.78, 5) is 0. The van der Waals surface area contributed by atoms with Crippen molar-refractivity contribution in [2.75, 3.05) is 13.7 Å². The van der Waals surface area contributed by atoms with Crippen molar-refractivity contribution in [2.45, 2.75) is 32.4 Å². The van der Waals surface area contributed by atoms with Gasteiger partial charge in [0, 0.05) is 25.8 Å². The predicted octanol–water partition coefficient (Wildman–Crippen LogP) is 2.76. The largest absolute Gasteiger partial charge is 0.385 e. The number of nitrogens with one attached hydrogen (secondary N) is 1. The first-order valence-corrected chi connectivity index (χ1v) is 5.54. The number of benzene rings is 1. The third-order valence-corrected chi connectivity index (χ3v) is 2.59. The van der Waals surface area contributed by atoms with Gasteiger partial charge >= 0.3 is 0 Å². The molecule has 0 saturated heterocycles. The van der Waals surface area contributed by atoms with Crippen molar-refractivity contribution in [1.82, 2.24) is 5.32 Å². The molecule has 0 aliphatic heterocycles. The van der Waals surface area contributed by atoms with Crippen LogP contribution in [0.15, 0.2) is 30.3 Å². The van der Waals surface area contributed by atoms with E-state index in [1.54, 1.807) is 7.11 Å². The minimum absolute atomic E-state index is 0.401. The van der Waals surface area contributed by atoms with E-state index in [9.17, 15) is 0 Å². The van der Waals surface area contributed by atoms with E-state index in [1.165, 1.54) is 5.56 Å². The lowest BCUT2D eigenvalue weighted by atomic mass is 10.1. The smallest absolute Gasteiger partial charge is 0.0476 e. The molecule has 15 heavy (non-hydrogen) atoms. The Morgan fingerprint density at radius 1 is 1.20 bits per heavy atom. The Labute approximate surface area is 92.6 Å². The lowest BCUT2D eigenvalue weighted by molar-refractivity contribution is 0.183. The highest BCUT2D eigenvalue weighted by atomic mass is 16.5. The van der Waals surface area contributed by atoms with Gasteiger partial charge in [-0.05, 0) is 25.8 Å². The van der Waals surface area contributed by atoms with E-state index in [0.717, 1.165) is 13.0 Å². The van der Waals surface area contributed by atoms with Crippen LogP contribution >= 0.6 is 0 Å². The molecule has 0 spiro atoms. The third kappa shape index (κ3) is 4.45. The molecule has 1 aromatic carbocycles. The Kier molecular flexibility index (Phi) is 5.37. The zero-order chi connectivity index (χ0) is 11.1. The SMILES string of the molecule is COCCC(C)NC(C)c1ccccc1. The van der Waals surface area contributed by atoms with E-state index in [1.807, 2.05) is 6.07 Å². The fourth-order valence-electron chi connectivity index (χ4n) is 1.64. The molecule has 2 unspecified atom stereocenters. The van der Waals surface area contributed by atoms with Crippen LogP contribution in [0, 0.1) is 0 Å². The Bertz CT molecular complexity index is 260. The summed E-state index contributed by atoms with van der Waals surface area (Å²) in [5, 5.41) is 3.55. The molecule has 0 saturated carbocycles. The average Bonchev–Trinajstić information content (AvgIpc) is 2.27. The molecule has 0 fully saturated rings. The van der Waals surface area contributed by atoms with Gasteiger partial charge in [0.25, 0.3) is 0 Å². The molecule has 0 aromatic heterocycles. The summed E-state index contributed by atoms with van der Waals surface area (Å²) in [7, 11) is 1.74. The summed E-state index contributed by atoms with van der Waals surface area (Å²) in [5.41, 5.74) is 1.33. The highest BCUT2D eigenvalue weighted by Gasteiger charge is 2.08. The monoisotopic (exact) mass is 207 g/mol. The Morgan fingerprint density at radius 2 is 1.87 bits per heavy atom. The van der Waals surface area contributed by atoms with E-state index in [4.69, 9.17) is 4.74 Å². The van der Waals surface area contributed by atoms with Gasteiger partial charge in [0.15, 0.2) is 0 Å². The first-order valence-electron chi connectivity index (χ1n) is 5.54. The van der Waals surface area contributed by atoms with E-state index in [2.05, 4.69) is 43.4 Å². The van der Waals surface area contributed by atoms with Crippen LogP contribution in [0.4, 0.5) is 0 Å². The summed E-state index contributed by atoms with van der Waals surface area (Å²) < 4.78 is 5.06. The van der Waals surface area contributed by atoms with Gasteiger partial charge in [0.05, 0.1) is 0 Å². The van der Waals surface area contributed by atoms with Crippen molar-refractivity contribution in [3.05, 3.63) is 35.9 Å². The maximum atomic E-state index is 5.06. The Morgan fingerprint density at radius 3 is 2.47 bits per heavy atom. The zero-order valence-corrected chi connectivity index (χ0v) is 9.86. The highest BCUT2D eigenvalue weighted by molar-refractivity contribution is 5.18. The van der Waals surface area contributed by atoms with Gasteiger partial charge in [0.2, 0.25) is 0 Å². The summed E-state index contributed by atoms with van der Waals surface area (Å²) >= 11 is 0. The molecule has 1 aromatic rings. The maximum Gasteiger partial charge on any atom is 0.0476 e. The van der Waals surface area contributed by atoms with Crippen LogP contribution < -0.4 is 5.32 Å². The van der Waals surface area contributed by atoms with Gasteiger partial charge in [-0.1, -0.05) is 30.3 Å². The van der Waals surface area contributed by atoms with Gasteiger partial charge in [-0.25, -0.2) is 0 Å². The molecule has 0 bridgehead atoms. The van der Waals surface area contributed by atoms with Gasteiger partial charge in [-0.15, -0.1) is 0 Å². The second-order valence-corrected chi connectivity index (χ2v) is 3.98. The van der Waals surface area contributed by atoms with Crippen LogP contribution in [0.5, 0.6) is 0 Å². The van der Waals surface area contributed by atoms with E-state index < -0.39 is 0 Å². The first-order chi connectivity index (χ1) is 7.24. The summed E-state index contributed by atoms with van der Waals surface area (Å²) in [6.45, 7) is 5.20. The molecular weight excluding hydrogens is 186 g/mol. The number of rotatable bonds is 6. The Balaban J connectivity index is 2.38. The highest BCUT2D eigenvalue weighted by Crippen LogP contribution is 2.12. The molecule has 0 amide bonds. The molecule has 1 N–H and O–H groups in total. The fourth-order valence-corrected chi connectivity index (χ4v) is 1.64. The fraction of sp³-hybridized carbons (Fsp3) is 0.538. The van der Waals surface area contributed by atoms with E-state index >= 15 is 0 Å². The van der Waals surface area contributed by atoms with Crippen molar-refractivity contribution >= 4 is 0 Å². The van der Waals surface area contributed by atoms with Crippen LogP contribution in [0.1, 0.15) is 31.9 Å². The van der Waals surface area contributed by atoms with Gasteiger partial charge in [0.1, 0.15) is 0 Å². The van der Waals surface area contributed by atoms with Crippen molar-refractivity contribution < 1.29 is 4.74 Å². The van der Waals surface area contributed by atoms with Crippen molar-refractivity contribution in [3.8, 4) is 0 Å². The van der Waals surface area contributed by atoms with Crippen molar-refractivity contribution in [1.29, 1.82) is 0 Å². The minimum atomic E-state index is 0.401. The molecule has 2 heteroatoms. The second-order valence-electron chi connectivity index (χ2n) is 3.98. The van der Waals surface area contributed by atoms with Gasteiger partial charge in [-0.3, -0.25) is 0 Å². The lowest BCUT2D eigenvalue weighted by Gasteiger charge is -2.20. The quantitative estimate of drug-likeness (QED) is 0.774. The molecule has 2 atom stereocenters. The standard InChI is InChI=1S/C13H21NO/c1-11(9-10-15-3)14-12(2)13-7-5-4-6-8-13/h4-8,11-12,14H,9-10H2,1-3H3. The van der Waals surface area contributed by atoms with E-state index in [0.29, 0.717) is 12.1 Å². The lowest BCUT2D eigenvalue weighted by Crippen LogP contribution is -2.29. The maximum absolute atomic E-state index is 5.06. The molecule has 0 aliphatic rings. The van der Waals surface area contributed by atoms with Crippen molar-refractivity contribution in [3.63, 3.8) is 0 Å². The molecule has 0 heterocycles. The van der Waals surface area contributed by atoms with Crippen LogP contribution in [0.25, 0.3) is 0 Å². The molecular formula is C13H21NO. The summed E-state index contributed by atoms with van der Waals surface area (Å²) in [5.74, 6) is 0. The van der Waals surface area contributed by atoms with Gasteiger partial charge in [-0.2, -0.15) is 0 Å². The topological polar surface area (TPSA) is 21.3 Å². The molecule has 2 nitrogen and oxygen atoms in total.